The molecule has 0 atom stereocenters. The second-order valence-corrected chi connectivity index (χ2v) is 10.0. The molecule has 0 unspecified atom stereocenters. The summed E-state index contributed by atoms with van der Waals surface area (Å²) >= 11 is 9.44. The van der Waals surface area contributed by atoms with Crippen LogP contribution < -0.4 is 0 Å². The third-order valence-corrected chi connectivity index (χ3v) is 6.19. The Balaban J connectivity index is 0.000000244. The van der Waals surface area contributed by atoms with Crippen molar-refractivity contribution in [2.24, 2.45) is 0 Å². The van der Waals surface area contributed by atoms with Crippen molar-refractivity contribution in [1.29, 1.82) is 0 Å². The van der Waals surface area contributed by atoms with Crippen LogP contribution in [-0.4, -0.2) is 21.5 Å². The lowest BCUT2D eigenvalue weighted by molar-refractivity contribution is 0.0595. The van der Waals surface area contributed by atoms with E-state index in [4.69, 9.17) is 22.3 Å². The predicted molar refractivity (Wildman–Crippen MR) is 120 cm³/mol. The Morgan fingerprint density at radius 1 is 1.06 bits per heavy atom. The van der Waals surface area contributed by atoms with Gasteiger partial charge in [-0.1, -0.05) is 51.8 Å². The van der Waals surface area contributed by atoms with Crippen LogP contribution in [0.5, 0.6) is 0 Å². The van der Waals surface area contributed by atoms with Gasteiger partial charge in [0.1, 0.15) is 5.82 Å². The van der Waals surface area contributed by atoms with Gasteiger partial charge < -0.3 is 4.74 Å². The van der Waals surface area contributed by atoms with Gasteiger partial charge >= 0.3 is 5.97 Å². The highest BCUT2D eigenvalue weighted by Crippen LogP contribution is 2.32. The first kappa shape index (κ1) is 26.2. The molecule has 32 heavy (non-hydrogen) atoms. The number of ether oxygens (including phenoxy) is 1. The van der Waals surface area contributed by atoms with Gasteiger partial charge in [0, 0.05) is 31.3 Å². The van der Waals surface area contributed by atoms with Crippen LogP contribution in [0.4, 0.5) is 13.2 Å². The molecule has 3 rings (SSSR count). The summed E-state index contributed by atoms with van der Waals surface area (Å²) in [4.78, 5) is 11.2. The molecule has 0 aliphatic rings. The fraction of sp³-hybridized carbons (Fsp3) is 0.0952. The van der Waals surface area contributed by atoms with Crippen molar-refractivity contribution < 1.29 is 31.1 Å². The number of halogens is 6. The maximum absolute atomic E-state index is 13.9. The summed E-state index contributed by atoms with van der Waals surface area (Å²) in [7, 11) is 2.35. The van der Waals surface area contributed by atoms with E-state index in [0.29, 0.717) is 10.6 Å². The summed E-state index contributed by atoms with van der Waals surface area (Å²) in [6.07, 6.45) is -2.60. The Morgan fingerprint density at radius 2 is 1.69 bits per heavy atom. The van der Waals surface area contributed by atoms with Crippen LogP contribution in [0.2, 0.25) is 5.02 Å². The van der Waals surface area contributed by atoms with E-state index in [1.165, 1.54) is 19.2 Å². The van der Waals surface area contributed by atoms with Crippen LogP contribution in [0, 0.1) is 5.82 Å². The number of carbonyl (C=O) groups is 1. The summed E-state index contributed by atoms with van der Waals surface area (Å²) < 4.78 is 64.6. The Bertz CT molecular complexity index is 1220. The fourth-order valence-electron chi connectivity index (χ4n) is 2.47. The van der Waals surface area contributed by atoms with Crippen molar-refractivity contribution in [1.82, 2.24) is 0 Å². The molecule has 0 saturated carbocycles. The molecule has 11 heteroatoms. The number of hydrogen-bond acceptors (Lipinski definition) is 4. The van der Waals surface area contributed by atoms with Gasteiger partial charge in [-0.05, 0) is 42.0 Å². The third-order valence-electron chi connectivity index (χ3n) is 4.01. The molecule has 0 aromatic heterocycles. The average molecular weight is 570 g/mol. The molecular weight excluding hydrogens is 556 g/mol. The molecule has 0 heterocycles. The molecule has 4 nitrogen and oxygen atoms in total. The molecule has 0 aliphatic heterocycles. The minimum atomic E-state index is -3.82. The van der Waals surface area contributed by atoms with Crippen LogP contribution in [0.1, 0.15) is 22.3 Å². The van der Waals surface area contributed by atoms with Gasteiger partial charge in [0.15, 0.2) is 0 Å². The Morgan fingerprint density at radius 3 is 2.19 bits per heavy atom. The predicted octanol–water partition coefficient (Wildman–Crippen LogP) is 7.25. The summed E-state index contributed by atoms with van der Waals surface area (Å²) in [5.41, 5.74) is 0.873. The van der Waals surface area contributed by atoms with Gasteiger partial charge in [0.25, 0.3) is 15.5 Å². The van der Waals surface area contributed by atoms with Crippen LogP contribution in [0.3, 0.4) is 0 Å². The number of benzene rings is 3. The number of hydrogen-bond donors (Lipinski definition) is 0. The van der Waals surface area contributed by atoms with E-state index >= 15 is 0 Å². The quantitative estimate of drug-likeness (QED) is 0.245. The maximum atomic E-state index is 13.9. The first-order valence-electron chi connectivity index (χ1n) is 8.60. The first-order valence-corrected chi connectivity index (χ1v) is 12.1. The van der Waals surface area contributed by atoms with Crippen molar-refractivity contribution >= 4 is 53.2 Å². The minimum Gasteiger partial charge on any atom is -0.465 e. The van der Waals surface area contributed by atoms with E-state index in [1.54, 1.807) is 0 Å². The van der Waals surface area contributed by atoms with Gasteiger partial charge in [0.2, 0.25) is 0 Å². The van der Waals surface area contributed by atoms with Crippen LogP contribution >= 0.6 is 38.2 Å². The van der Waals surface area contributed by atoms with E-state index < -0.39 is 27.3 Å². The minimum absolute atomic E-state index is 0.175. The molecule has 0 fully saturated rings. The molecule has 3 aromatic rings. The second-order valence-electron chi connectivity index (χ2n) is 6.12. The summed E-state index contributed by atoms with van der Waals surface area (Å²) in [6, 6.07) is 14.0. The summed E-state index contributed by atoms with van der Waals surface area (Å²) in [6.45, 7) is 0. The number of methoxy groups -OCH3 is 1. The van der Waals surface area contributed by atoms with Crippen molar-refractivity contribution in [3.63, 3.8) is 0 Å². The molecule has 0 saturated heterocycles. The van der Waals surface area contributed by atoms with Gasteiger partial charge in [-0.25, -0.2) is 26.4 Å². The Labute approximate surface area is 200 Å². The number of esters is 1. The second kappa shape index (κ2) is 11.2. The van der Waals surface area contributed by atoms with Gasteiger partial charge in [0.05, 0.1) is 17.6 Å². The summed E-state index contributed by atoms with van der Waals surface area (Å²) in [5.74, 6) is -1.41. The molecule has 0 amide bonds. The van der Waals surface area contributed by atoms with E-state index in [-0.39, 0.29) is 16.0 Å². The molecule has 0 aliphatic carbocycles. The van der Waals surface area contributed by atoms with Crippen molar-refractivity contribution in [3.05, 3.63) is 87.1 Å². The maximum Gasteiger partial charge on any atom is 0.340 e. The molecule has 170 valence electrons. The van der Waals surface area contributed by atoms with E-state index in [0.717, 1.165) is 34.3 Å². The molecule has 0 N–H and O–H groups in total. The number of carbonyl (C=O) groups excluding carboxylic acids is 1. The third kappa shape index (κ3) is 6.96. The average Bonchev–Trinajstić information content (AvgIpc) is 2.74. The van der Waals surface area contributed by atoms with Gasteiger partial charge in [-0.2, -0.15) is 0 Å². The highest BCUT2D eigenvalue weighted by atomic mass is 79.9. The van der Waals surface area contributed by atoms with Crippen LogP contribution in [-0.2, 0) is 13.8 Å². The lowest BCUT2D eigenvalue weighted by Gasteiger charge is -2.08. The standard InChI is InChI=1S/C14H9BrClFO2.C7H5ClF2O2S/c1-19-14(18)11-6-12(16)10(7-13(11)17)8-3-2-4-9(15)5-8;8-13(11,12)6-3-1-5(2-4-6)7(9)10/h2-7H,1H3;1-4,7H. The van der Waals surface area contributed by atoms with E-state index in [9.17, 15) is 26.4 Å². The molecular formula is C21H14BrCl2F3O4S. The molecule has 0 radical (unpaired) electrons. The van der Waals surface area contributed by atoms with Crippen molar-refractivity contribution in [3.8, 4) is 11.1 Å². The van der Waals surface area contributed by atoms with Gasteiger partial charge in [-0.15, -0.1) is 0 Å². The summed E-state index contributed by atoms with van der Waals surface area (Å²) in [5, 5.41) is 0.292. The Hall–Kier alpha value is -2.07. The smallest absolute Gasteiger partial charge is 0.340 e. The highest BCUT2D eigenvalue weighted by molar-refractivity contribution is 9.10. The highest BCUT2D eigenvalue weighted by Gasteiger charge is 2.16. The Kier molecular flexibility index (Phi) is 9.15. The lowest BCUT2D eigenvalue weighted by Crippen LogP contribution is -2.04. The van der Waals surface area contributed by atoms with Crippen molar-refractivity contribution in [2.75, 3.05) is 7.11 Å². The molecule has 0 bridgehead atoms. The molecule has 0 spiro atoms. The van der Waals surface area contributed by atoms with Crippen LogP contribution in [0.15, 0.2) is 70.0 Å². The van der Waals surface area contributed by atoms with E-state index in [2.05, 4.69) is 20.7 Å². The zero-order chi connectivity index (χ0) is 24.1. The topological polar surface area (TPSA) is 60.4 Å². The van der Waals surface area contributed by atoms with Gasteiger partial charge in [-0.3, -0.25) is 0 Å². The zero-order valence-corrected chi connectivity index (χ0v) is 20.1. The SMILES string of the molecule is COC(=O)c1cc(Cl)c(-c2cccc(Br)c2)cc1F.O=S(=O)(Cl)c1ccc(C(F)F)cc1. The zero-order valence-electron chi connectivity index (χ0n) is 16.2. The number of rotatable bonds is 4. The van der Waals surface area contributed by atoms with E-state index in [1.807, 2.05) is 24.3 Å². The molecule has 3 aromatic carbocycles. The monoisotopic (exact) mass is 568 g/mol. The van der Waals surface area contributed by atoms with Crippen molar-refractivity contribution in [2.45, 2.75) is 11.3 Å². The van der Waals surface area contributed by atoms with Crippen LogP contribution in [0.25, 0.3) is 11.1 Å². The number of alkyl halides is 2. The first-order chi connectivity index (χ1) is 14.9. The lowest BCUT2D eigenvalue weighted by atomic mass is 10.0. The normalized spacial score (nSPS) is 11.0. The largest absolute Gasteiger partial charge is 0.465 e. The fourth-order valence-corrected chi connectivity index (χ4v) is 3.91.